The van der Waals surface area contributed by atoms with E-state index in [0.717, 1.165) is 31.2 Å². The number of rotatable bonds is 8. The lowest BCUT2D eigenvalue weighted by Crippen LogP contribution is -2.30. The number of aryl methyl sites for hydroxylation is 1. The van der Waals surface area contributed by atoms with Crippen LogP contribution in [0.25, 0.3) is 6.08 Å². The van der Waals surface area contributed by atoms with Gasteiger partial charge in [0.25, 0.3) is 10.1 Å². The maximum atomic E-state index is 13.1. The van der Waals surface area contributed by atoms with E-state index in [1.54, 1.807) is 48.6 Å². The van der Waals surface area contributed by atoms with E-state index in [2.05, 4.69) is 31.9 Å². The summed E-state index contributed by atoms with van der Waals surface area (Å²) < 4.78 is 40.4. The van der Waals surface area contributed by atoms with Crippen LogP contribution < -0.4 is 0 Å². The minimum Gasteiger partial charge on any atom is -0.365 e. The zero-order valence-corrected chi connectivity index (χ0v) is 26.2. The van der Waals surface area contributed by atoms with Crippen molar-refractivity contribution in [2.45, 2.75) is 43.0 Å². The smallest absolute Gasteiger partial charge is 0.297 e. The average molecular weight is 696 g/mol. The molecule has 3 atom stereocenters. The Bertz CT molecular complexity index is 1630. The maximum absolute atomic E-state index is 13.1. The highest BCUT2D eigenvalue weighted by molar-refractivity contribution is 9.10. The Morgan fingerprint density at radius 1 is 0.780 bits per heavy atom. The van der Waals surface area contributed by atoms with Crippen molar-refractivity contribution in [2.75, 3.05) is 0 Å². The Labute approximate surface area is 257 Å². The van der Waals surface area contributed by atoms with E-state index < -0.39 is 16.2 Å². The van der Waals surface area contributed by atoms with Gasteiger partial charge in [-0.1, -0.05) is 92.0 Å². The average Bonchev–Trinajstić information content (AvgIpc) is 2.97. The van der Waals surface area contributed by atoms with Crippen LogP contribution in [0, 0.1) is 6.92 Å². The number of hydrogen-bond acceptors (Lipinski definition) is 5. The summed E-state index contributed by atoms with van der Waals surface area (Å²) >= 11 is 6.85. The topological polar surface area (TPSA) is 69.7 Å². The molecule has 210 valence electrons. The number of hydrogen-bond donors (Lipinski definition) is 0. The number of allylic oxidation sites excluding steroid dienone is 1. The van der Waals surface area contributed by atoms with Gasteiger partial charge in [-0.05, 0) is 78.2 Å². The molecule has 1 saturated heterocycles. The summed E-state index contributed by atoms with van der Waals surface area (Å²) in [4.78, 5) is 12.7. The molecule has 4 aromatic rings. The first-order valence-corrected chi connectivity index (χ1v) is 16.1. The molecule has 1 fully saturated rings. The van der Waals surface area contributed by atoms with Crippen LogP contribution in [0.15, 0.2) is 117 Å². The van der Waals surface area contributed by atoms with Crippen LogP contribution in [0.1, 0.15) is 57.7 Å². The maximum Gasteiger partial charge on any atom is 0.297 e. The largest absolute Gasteiger partial charge is 0.365 e. The molecule has 1 heterocycles. The molecule has 0 aliphatic carbocycles. The first kappa shape index (κ1) is 29.6. The molecular formula is C33H28Br2O5S. The molecule has 0 radical (unpaired) electrons. The summed E-state index contributed by atoms with van der Waals surface area (Å²) in [5, 5.41) is 0. The zero-order valence-electron chi connectivity index (χ0n) is 22.2. The number of ether oxygens (including phenoxy) is 1. The normalized spacial score (nSPS) is 19.3. The van der Waals surface area contributed by atoms with Crippen LogP contribution in [0.3, 0.4) is 0 Å². The van der Waals surface area contributed by atoms with Crippen molar-refractivity contribution in [2.24, 2.45) is 0 Å². The Kier molecular flexibility index (Phi) is 9.36. The van der Waals surface area contributed by atoms with Crippen molar-refractivity contribution >= 4 is 53.8 Å². The quantitative estimate of drug-likeness (QED) is 0.105. The number of halogens is 2. The lowest BCUT2D eigenvalue weighted by atomic mass is 9.92. The monoisotopic (exact) mass is 694 g/mol. The van der Waals surface area contributed by atoms with Crippen molar-refractivity contribution in [3.63, 3.8) is 0 Å². The minimum absolute atomic E-state index is 0.0793. The fourth-order valence-corrected chi connectivity index (χ4v) is 6.34. The van der Waals surface area contributed by atoms with Gasteiger partial charge < -0.3 is 4.74 Å². The second kappa shape index (κ2) is 13.0. The Balaban J connectivity index is 1.35. The number of benzene rings is 4. The molecule has 1 aliphatic rings. The van der Waals surface area contributed by atoms with Gasteiger partial charge in [0.1, 0.15) is 0 Å². The van der Waals surface area contributed by atoms with Gasteiger partial charge in [-0.25, -0.2) is 0 Å². The van der Waals surface area contributed by atoms with Gasteiger partial charge in [-0.2, -0.15) is 8.42 Å². The second-order valence-corrected chi connectivity index (χ2v) is 13.4. The molecule has 0 spiro atoms. The number of carbonyl (C=O) groups excluding carboxylic acids is 1. The second-order valence-electron chi connectivity index (χ2n) is 9.99. The van der Waals surface area contributed by atoms with Crippen molar-refractivity contribution in [1.82, 2.24) is 0 Å². The Hall–Kier alpha value is -2.88. The van der Waals surface area contributed by atoms with Crippen molar-refractivity contribution in [1.29, 1.82) is 0 Å². The number of ketones is 1. The van der Waals surface area contributed by atoms with E-state index in [1.807, 2.05) is 67.6 Å². The van der Waals surface area contributed by atoms with Crippen LogP contribution >= 0.6 is 31.9 Å². The standard InChI is InChI=1S/C33H28Br2O5S/c1-22-2-17-30(18-3-22)41(37,38)40-29-20-32(39-33(21-29)26-11-15-28(35)16-12-26)25-7-4-23(5-8-25)6-19-31(36)24-9-13-27(34)14-10-24/h2-19,29,32-33H,20-21H2,1H3/b19-6+. The predicted molar refractivity (Wildman–Crippen MR) is 167 cm³/mol. The summed E-state index contributed by atoms with van der Waals surface area (Å²) in [5.41, 5.74) is 4.31. The molecule has 5 nitrogen and oxygen atoms in total. The molecule has 41 heavy (non-hydrogen) atoms. The zero-order chi connectivity index (χ0) is 29.0. The molecule has 0 aromatic heterocycles. The van der Waals surface area contributed by atoms with Crippen molar-refractivity contribution in [3.8, 4) is 0 Å². The van der Waals surface area contributed by atoms with Gasteiger partial charge in [0, 0.05) is 27.4 Å². The fourth-order valence-electron chi connectivity index (χ4n) is 4.71. The SMILES string of the molecule is Cc1ccc(S(=O)(=O)OC2CC(c3ccc(Br)cc3)OC(c3ccc(/C=C/C(=O)c4ccc(Br)cc4)cc3)C2)cc1. The minimum atomic E-state index is -3.95. The molecular weight excluding hydrogens is 668 g/mol. The van der Waals surface area contributed by atoms with Crippen LogP contribution in [0.4, 0.5) is 0 Å². The molecule has 1 aliphatic heterocycles. The van der Waals surface area contributed by atoms with Gasteiger partial charge in [-0.3, -0.25) is 8.98 Å². The first-order valence-electron chi connectivity index (χ1n) is 13.1. The molecule has 5 rings (SSSR count). The third-order valence-electron chi connectivity index (χ3n) is 6.96. The van der Waals surface area contributed by atoms with Gasteiger partial charge in [-0.15, -0.1) is 0 Å². The number of carbonyl (C=O) groups is 1. The molecule has 4 aromatic carbocycles. The van der Waals surface area contributed by atoms with Crippen molar-refractivity contribution < 1.29 is 22.1 Å². The van der Waals surface area contributed by atoms with Crippen LogP contribution in [-0.2, 0) is 19.0 Å². The Morgan fingerprint density at radius 3 is 1.85 bits per heavy atom. The highest BCUT2D eigenvalue weighted by Crippen LogP contribution is 2.41. The molecule has 0 bridgehead atoms. The van der Waals surface area contributed by atoms with Gasteiger partial charge in [0.2, 0.25) is 0 Å². The summed E-state index contributed by atoms with van der Waals surface area (Å²) in [5.74, 6) is -0.0793. The lowest BCUT2D eigenvalue weighted by Gasteiger charge is -2.35. The predicted octanol–water partition coefficient (Wildman–Crippen LogP) is 8.78. The third kappa shape index (κ3) is 7.70. The Morgan fingerprint density at radius 2 is 1.29 bits per heavy atom. The summed E-state index contributed by atoms with van der Waals surface area (Å²) in [7, 11) is -3.95. The van der Waals surface area contributed by atoms with Gasteiger partial charge >= 0.3 is 0 Å². The van der Waals surface area contributed by atoms with E-state index >= 15 is 0 Å². The molecule has 8 heteroatoms. The lowest BCUT2D eigenvalue weighted by molar-refractivity contribution is -0.0920. The van der Waals surface area contributed by atoms with E-state index in [4.69, 9.17) is 8.92 Å². The molecule has 3 unspecified atom stereocenters. The molecule has 0 saturated carbocycles. The van der Waals surface area contributed by atoms with E-state index in [9.17, 15) is 13.2 Å². The summed E-state index contributed by atoms with van der Waals surface area (Å²) in [6.07, 6.45) is 2.83. The van der Waals surface area contributed by atoms with E-state index in [1.165, 1.54) is 0 Å². The van der Waals surface area contributed by atoms with Gasteiger partial charge in [0.05, 0.1) is 23.2 Å². The fraction of sp³-hybridized carbons (Fsp3) is 0.182. The summed E-state index contributed by atoms with van der Waals surface area (Å²) in [6, 6.07) is 29.5. The van der Waals surface area contributed by atoms with Crippen molar-refractivity contribution in [3.05, 3.63) is 140 Å². The van der Waals surface area contributed by atoms with Gasteiger partial charge in [0.15, 0.2) is 5.78 Å². The van der Waals surface area contributed by atoms with E-state index in [0.29, 0.717) is 18.4 Å². The molecule has 0 N–H and O–H groups in total. The highest BCUT2D eigenvalue weighted by atomic mass is 79.9. The third-order valence-corrected chi connectivity index (χ3v) is 9.39. The molecule has 0 amide bonds. The first-order chi connectivity index (χ1) is 19.7. The van der Waals surface area contributed by atoms with Crippen LogP contribution in [-0.4, -0.2) is 20.3 Å². The van der Waals surface area contributed by atoms with Crippen LogP contribution in [0.2, 0.25) is 0 Å². The summed E-state index contributed by atoms with van der Waals surface area (Å²) in [6.45, 7) is 1.91. The van der Waals surface area contributed by atoms with Crippen LogP contribution in [0.5, 0.6) is 0 Å². The highest BCUT2D eigenvalue weighted by Gasteiger charge is 2.35. The van der Waals surface area contributed by atoms with E-state index in [-0.39, 0.29) is 22.9 Å².